The third-order valence-corrected chi connectivity index (χ3v) is 6.40. The average Bonchev–Trinajstić information content (AvgIpc) is 2.65. The molecule has 0 spiro atoms. The Balaban J connectivity index is 1.50. The quantitative estimate of drug-likeness (QED) is 0.912. The van der Waals surface area contributed by atoms with Crippen molar-refractivity contribution in [3.63, 3.8) is 0 Å². The molecule has 4 heteroatoms. The van der Waals surface area contributed by atoms with Gasteiger partial charge in [0.15, 0.2) is 0 Å². The molecule has 3 rings (SSSR count). The lowest BCUT2D eigenvalue weighted by Crippen LogP contribution is -2.56. The van der Waals surface area contributed by atoms with Crippen LogP contribution in [0.1, 0.15) is 40.0 Å². The summed E-state index contributed by atoms with van der Waals surface area (Å²) in [4.78, 5) is 17.5. The number of para-hydroxylation sites is 1. The van der Waals surface area contributed by atoms with Crippen molar-refractivity contribution < 1.29 is 4.79 Å². The fourth-order valence-electron chi connectivity index (χ4n) is 4.26. The molecule has 0 bridgehead atoms. The van der Waals surface area contributed by atoms with E-state index in [2.05, 4.69) is 66.2 Å². The molecule has 1 aromatic carbocycles. The number of carbonyl (C=O) groups is 1. The minimum atomic E-state index is -0.0395. The fraction of sp³-hybridized carbons (Fsp3) is 0.667. The first-order valence-corrected chi connectivity index (χ1v) is 9.90. The van der Waals surface area contributed by atoms with Crippen LogP contribution >= 0.6 is 0 Å². The van der Waals surface area contributed by atoms with Crippen LogP contribution in [0.25, 0.3) is 0 Å². The maximum absolute atomic E-state index is 12.7. The van der Waals surface area contributed by atoms with Crippen LogP contribution in [-0.2, 0) is 4.79 Å². The summed E-state index contributed by atoms with van der Waals surface area (Å²) < 4.78 is 0. The molecular formula is C21H33N3O. The number of nitrogens with one attached hydrogen (secondary N) is 1. The molecule has 0 unspecified atom stereocenters. The molecule has 1 amide bonds. The Kier molecular flexibility index (Phi) is 6.00. The molecule has 138 valence electrons. The van der Waals surface area contributed by atoms with E-state index in [-0.39, 0.29) is 11.9 Å². The van der Waals surface area contributed by atoms with Gasteiger partial charge in [0, 0.05) is 37.9 Å². The third kappa shape index (κ3) is 4.35. The van der Waals surface area contributed by atoms with E-state index in [9.17, 15) is 4.79 Å². The molecule has 1 N–H and O–H groups in total. The molecule has 2 fully saturated rings. The van der Waals surface area contributed by atoms with Gasteiger partial charge in [-0.15, -0.1) is 0 Å². The molecule has 4 atom stereocenters. The molecule has 1 saturated carbocycles. The van der Waals surface area contributed by atoms with Gasteiger partial charge in [-0.2, -0.15) is 0 Å². The van der Waals surface area contributed by atoms with Gasteiger partial charge in [-0.1, -0.05) is 44.9 Å². The number of carbonyl (C=O) groups excluding carboxylic acids is 1. The fourth-order valence-corrected chi connectivity index (χ4v) is 4.26. The molecular weight excluding hydrogens is 310 g/mol. The van der Waals surface area contributed by atoms with Gasteiger partial charge in [-0.05, 0) is 37.3 Å². The Labute approximate surface area is 152 Å². The second-order valence-electron chi connectivity index (χ2n) is 7.92. The van der Waals surface area contributed by atoms with Crippen molar-refractivity contribution in [2.45, 2.75) is 52.1 Å². The molecule has 4 nitrogen and oxygen atoms in total. The van der Waals surface area contributed by atoms with E-state index in [1.54, 1.807) is 0 Å². The lowest BCUT2D eigenvalue weighted by atomic mass is 9.78. The van der Waals surface area contributed by atoms with E-state index in [1.165, 1.54) is 18.5 Å². The van der Waals surface area contributed by atoms with Crippen molar-refractivity contribution in [1.82, 2.24) is 10.2 Å². The standard InChI is InChI=1S/C21H33N3O/c1-16-8-7-11-20(17(16)2)22-21(25)18(3)23-12-14-24(15-13-23)19-9-5-4-6-10-19/h4-6,9-10,16-18,20H,7-8,11-15H2,1-3H3,(H,22,25)/t16-,17+,18+,20+/m0/s1. The minimum absolute atomic E-state index is 0.0395. The molecule has 1 aliphatic carbocycles. The van der Waals surface area contributed by atoms with E-state index in [4.69, 9.17) is 0 Å². The Morgan fingerprint density at radius 1 is 1.08 bits per heavy atom. The summed E-state index contributed by atoms with van der Waals surface area (Å²) in [6, 6.07) is 10.9. The van der Waals surface area contributed by atoms with Crippen LogP contribution in [0.4, 0.5) is 5.69 Å². The van der Waals surface area contributed by atoms with Crippen LogP contribution in [0.3, 0.4) is 0 Å². The number of anilines is 1. The first kappa shape index (κ1) is 18.2. The number of piperazine rings is 1. The molecule has 1 aliphatic heterocycles. The predicted molar refractivity (Wildman–Crippen MR) is 104 cm³/mol. The Morgan fingerprint density at radius 2 is 1.76 bits per heavy atom. The van der Waals surface area contributed by atoms with Crippen LogP contribution in [0.2, 0.25) is 0 Å². The van der Waals surface area contributed by atoms with Gasteiger partial charge in [0.1, 0.15) is 0 Å². The van der Waals surface area contributed by atoms with Gasteiger partial charge >= 0.3 is 0 Å². The Morgan fingerprint density at radius 3 is 2.44 bits per heavy atom. The number of benzene rings is 1. The smallest absolute Gasteiger partial charge is 0.237 e. The van der Waals surface area contributed by atoms with Crippen molar-refractivity contribution in [3.05, 3.63) is 30.3 Å². The summed E-state index contributed by atoms with van der Waals surface area (Å²) in [5.41, 5.74) is 1.28. The van der Waals surface area contributed by atoms with Crippen LogP contribution in [0.15, 0.2) is 30.3 Å². The third-order valence-electron chi connectivity index (χ3n) is 6.40. The number of nitrogens with zero attached hydrogens (tertiary/aromatic N) is 2. The molecule has 1 aromatic rings. The molecule has 2 aliphatic rings. The van der Waals surface area contributed by atoms with E-state index in [0.717, 1.165) is 32.6 Å². The zero-order chi connectivity index (χ0) is 17.8. The first-order valence-electron chi connectivity index (χ1n) is 9.90. The molecule has 25 heavy (non-hydrogen) atoms. The highest BCUT2D eigenvalue weighted by atomic mass is 16.2. The van der Waals surface area contributed by atoms with E-state index < -0.39 is 0 Å². The highest BCUT2D eigenvalue weighted by Crippen LogP contribution is 2.29. The maximum Gasteiger partial charge on any atom is 0.237 e. The average molecular weight is 344 g/mol. The zero-order valence-electron chi connectivity index (χ0n) is 15.9. The van der Waals surface area contributed by atoms with Gasteiger partial charge in [0.05, 0.1) is 6.04 Å². The predicted octanol–water partition coefficient (Wildman–Crippen LogP) is 3.14. The summed E-state index contributed by atoms with van der Waals surface area (Å²) in [6.07, 6.45) is 3.66. The van der Waals surface area contributed by atoms with E-state index >= 15 is 0 Å². The summed E-state index contributed by atoms with van der Waals surface area (Å²) in [6.45, 7) is 10.5. The first-order chi connectivity index (χ1) is 12.1. The van der Waals surface area contributed by atoms with Crippen LogP contribution in [-0.4, -0.2) is 49.1 Å². The highest BCUT2D eigenvalue weighted by molar-refractivity contribution is 5.81. The molecule has 1 saturated heterocycles. The summed E-state index contributed by atoms with van der Waals surface area (Å²) in [5, 5.41) is 3.34. The van der Waals surface area contributed by atoms with Crippen LogP contribution in [0, 0.1) is 11.8 Å². The van der Waals surface area contributed by atoms with Gasteiger partial charge < -0.3 is 10.2 Å². The highest BCUT2D eigenvalue weighted by Gasteiger charge is 2.31. The monoisotopic (exact) mass is 343 g/mol. The second-order valence-corrected chi connectivity index (χ2v) is 7.92. The Hall–Kier alpha value is -1.55. The van der Waals surface area contributed by atoms with E-state index in [0.29, 0.717) is 17.9 Å². The summed E-state index contributed by atoms with van der Waals surface area (Å²) >= 11 is 0. The van der Waals surface area contributed by atoms with Crippen LogP contribution < -0.4 is 10.2 Å². The zero-order valence-corrected chi connectivity index (χ0v) is 15.9. The van der Waals surface area contributed by atoms with Crippen molar-refractivity contribution in [3.8, 4) is 0 Å². The number of amides is 1. The molecule has 0 radical (unpaired) electrons. The number of hydrogen-bond acceptors (Lipinski definition) is 3. The topological polar surface area (TPSA) is 35.6 Å². The normalized spacial score (nSPS) is 29.2. The van der Waals surface area contributed by atoms with E-state index in [1.807, 2.05) is 0 Å². The lowest BCUT2D eigenvalue weighted by molar-refractivity contribution is -0.127. The van der Waals surface area contributed by atoms with Gasteiger partial charge in [0.25, 0.3) is 0 Å². The second kappa shape index (κ2) is 8.22. The van der Waals surface area contributed by atoms with Crippen LogP contribution in [0.5, 0.6) is 0 Å². The van der Waals surface area contributed by atoms with Gasteiger partial charge in [-0.25, -0.2) is 0 Å². The lowest BCUT2D eigenvalue weighted by Gasteiger charge is -2.40. The van der Waals surface area contributed by atoms with Crippen molar-refractivity contribution in [2.75, 3.05) is 31.1 Å². The minimum Gasteiger partial charge on any atom is -0.369 e. The number of rotatable bonds is 4. The molecule has 1 heterocycles. The van der Waals surface area contributed by atoms with Crippen molar-refractivity contribution in [2.24, 2.45) is 11.8 Å². The largest absolute Gasteiger partial charge is 0.369 e. The van der Waals surface area contributed by atoms with Crippen molar-refractivity contribution in [1.29, 1.82) is 0 Å². The molecule has 0 aromatic heterocycles. The SMILES string of the molecule is C[C@@H]1[C@@H](C)CCC[C@H]1NC(=O)[C@@H](C)N1CCN(c2ccccc2)CC1. The number of hydrogen-bond donors (Lipinski definition) is 1. The summed E-state index contributed by atoms with van der Waals surface area (Å²) in [7, 11) is 0. The van der Waals surface area contributed by atoms with Gasteiger partial charge in [-0.3, -0.25) is 9.69 Å². The Bertz CT molecular complexity index is 554. The van der Waals surface area contributed by atoms with Gasteiger partial charge in [0.2, 0.25) is 5.91 Å². The van der Waals surface area contributed by atoms with Crippen molar-refractivity contribution >= 4 is 11.6 Å². The maximum atomic E-state index is 12.7. The summed E-state index contributed by atoms with van der Waals surface area (Å²) in [5.74, 6) is 1.50.